The Bertz CT molecular complexity index is 430. The average Bonchev–Trinajstić information content (AvgIpc) is 2.59. The van der Waals surface area contributed by atoms with E-state index in [1.54, 1.807) is 0 Å². The summed E-state index contributed by atoms with van der Waals surface area (Å²) in [5.74, 6) is -1.42. The molecular formula is C9H7BrClF2NO2. The molecule has 1 aromatic rings. The Morgan fingerprint density at radius 2 is 2.12 bits per heavy atom. The van der Waals surface area contributed by atoms with Gasteiger partial charge in [0.15, 0.2) is 0 Å². The van der Waals surface area contributed by atoms with Gasteiger partial charge in [-0.3, -0.25) is 0 Å². The molecule has 0 unspecified atom stereocenters. The SMILES string of the molecule is Cl.O=C1N[C@H](c2c(F)ccc(Br)c2F)CO1. The molecule has 1 N–H and O–H groups in total. The minimum Gasteiger partial charge on any atom is -0.447 e. The van der Waals surface area contributed by atoms with E-state index >= 15 is 0 Å². The van der Waals surface area contributed by atoms with E-state index in [1.807, 2.05) is 0 Å². The lowest BCUT2D eigenvalue weighted by Crippen LogP contribution is -2.20. The molecule has 1 amide bonds. The van der Waals surface area contributed by atoms with Crippen molar-refractivity contribution < 1.29 is 18.3 Å². The highest BCUT2D eigenvalue weighted by atomic mass is 79.9. The molecule has 1 aliphatic rings. The number of rotatable bonds is 1. The summed E-state index contributed by atoms with van der Waals surface area (Å²) < 4.78 is 31.6. The fourth-order valence-electron chi connectivity index (χ4n) is 1.40. The number of carbonyl (C=O) groups excluding carboxylic acids is 1. The van der Waals surface area contributed by atoms with Crippen molar-refractivity contribution in [2.24, 2.45) is 0 Å². The molecule has 0 spiro atoms. The minimum absolute atomic E-state index is 0. The van der Waals surface area contributed by atoms with E-state index in [0.717, 1.165) is 6.07 Å². The van der Waals surface area contributed by atoms with E-state index in [9.17, 15) is 13.6 Å². The first kappa shape index (κ1) is 13.2. The van der Waals surface area contributed by atoms with Crippen LogP contribution < -0.4 is 5.32 Å². The number of carbonyl (C=O) groups is 1. The van der Waals surface area contributed by atoms with Gasteiger partial charge >= 0.3 is 6.09 Å². The van der Waals surface area contributed by atoms with Gasteiger partial charge in [0.2, 0.25) is 0 Å². The van der Waals surface area contributed by atoms with E-state index in [0.29, 0.717) is 0 Å². The van der Waals surface area contributed by atoms with Crippen LogP contribution in [-0.2, 0) is 4.74 Å². The molecule has 3 nitrogen and oxygen atoms in total. The fourth-order valence-corrected chi connectivity index (χ4v) is 1.75. The molecule has 88 valence electrons. The van der Waals surface area contributed by atoms with Crippen molar-refractivity contribution in [3.05, 3.63) is 33.8 Å². The monoisotopic (exact) mass is 313 g/mol. The highest BCUT2D eigenvalue weighted by Crippen LogP contribution is 2.28. The number of nitrogens with one attached hydrogen (secondary N) is 1. The van der Waals surface area contributed by atoms with Crippen LogP contribution >= 0.6 is 28.3 Å². The van der Waals surface area contributed by atoms with E-state index in [-0.39, 0.29) is 29.1 Å². The standard InChI is InChI=1S/C9H6BrF2NO2.ClH/c10-4-1-2-5(11)7(8(4)12)6-3-15-9(14)13-6;/h1-2,6H,3H2,(H,13,14);1H/t6-;/m0./s1. The molecule has 1 heterocycles. The summed E-state index contributed by atoms with van der Waals surface area (Å²) in [6.45, 7) is -0.0663. The maximum absolute atomic E-state index is 13.5. The lowest BCUT2D eigenvalue weighted by atomic mass is 10.1. The lowest BCUT2D eigenvalue weighted by Gasteiger charge is -2.10. The predicted octanol–water partition coefficient (Wildman–Crippen LogP) is 2.93. The lowest BCUT2D eigenvalue weighted by molar-refractivity contribution is 0.176. The summed E-state index contributed by atoms with van der Waals surface area (Å²) >= 11 is 2.95. The van der Waals surface area contributed by atoms with Gasteiger partial charge in [-0.05, 0) is 28.1 Å². The van der Waals surface area contributed by atoms with Crippen LogP contribution in [0.3, 0.4) is 0 Å². The second kappa shape index (κ2) is 4.97. The number of amides is 1. The van der Waals surface area contributed by atoms with Crippen molar-refractivity contribution in [2.75, 3.05) is 6.61 Å². The van der Waals surface area contributed by atoms with Crippen molar-refractivity contribution in [1.82, 2.24) is 5.32 Å². The molecular weight excluding hydrogens is 307 g/mol. The normalized spacial score (nSPS) is 18.7. The Labute approximate surface area is 105 Å². The van der Waals surface area contributed by atoms with Gasteiger partial charge < -0.3 is 10.1 Å². The summed E-state index contributed by atoms with van der Waals surface area (Å²) in [5.41, 5.74) is -0.185. The van der Waals surface area contributed by atoms with Gasteiger partial charge in [-0.15, -0.1) is 12.4 Å². The molecule has 1 saturated heterocycles. The average molecular weight is 315 g/mol. The second-order valence-electron chi connectivity index (χ2n) is 3.05. The van der Waals surface area contributed by atoms with E-state index in [2.05, 4.69) is 26.0 Å². The van der Waals surface area contributed by atoms with Crippen molar-refractivity contribution in [1.29, 1.82) is 0 Å². The molecule has 16 heavy (non-hydrogen) atoms. The predicted molar refractivity (Wildman–Crippen MR) is 58.5 cm³/mol. The molecule has 7 heteroatoms. The van der Waals surface area contributed by atoms with Crippen LogP contribution in [0.5, 0.6) is 0 Å². The van der Waals surface area contributed by atoms with Crippen molar-refractivity contribution in [3.8, 4) is 0 Å². The Morgan fingerprint density at radius 1 is 1.44 bits per heavy atom. The largest absolute Gasteiger partial charge is 0.447 e. The number of hydrogen-bond donors (Lipinski definition) is 1. The van der Waals surface area contributed by atoms with E-state index < -0.39 is 23.8 Å². The van der Waals surface area contributed by atoms with Crippen molar-refractivity contribution >= 4 is 34.4 Å². The van der Waals surface area contributed by atoms with Crippen LogP contribution in [0, 0.1) is 11.6 Å². The molecule has 1 aliphatic heterocycles. The fraction of sp³-hybridized carbons (Fsp3) is 0.222. The second-order valence-corrected chi connectivity index (χ2v) is 3.91. The zero-order valence-corrected chi connectivity index (χ0v) is 10.2. The first-order valence-electron chi connectivity index (χ1n) is 4.16. The number of ether oxygens (including phenoxy) is 1. The first-order valence-corrected chi connectivity index (χ1v) is 4.95. The maximum Gasteiger partial charge on any atom is 0.407 e. The molecule has 0 radical (unpaired) electrons. The van der Waals surface area contributed by atoms with Gasteiger partial charge in [0.05, 0.1) is 16.1 Å². The van der Waals surface area contributed by atoms with Crippen LogP contribution in [0.25, 0.3) is 0 Å². The number of hydrogen-bond acceptors (Lipinski definition) is 2. The summed E-state index contributed by atoms with van der Waals surface area (Å²) in [4.78, 5) is 10.7. The summed E-state index contributed by atoms with van der Waals surface area (Å²) in [6, 6.07) is 1.63. The highest BCUT2D eigenvalue weighted by Gasteiger charge is 2.29. The summed E-state index contributed by atoms with van der Waals surface area (Å²) in [7, 11) is 0. The molecule has 0 aromatic heterocycles. The third kappa shape index (κ3) is 2.27. The molecule has 1 fully saturated rings. The molecule has 0 aliphatic carbocycles. The number of alkyl carbamates (subject to hydrolysis) is 1. The van der Waals surface area contributed by atoms with Crippen LogP contribution in [0.15, 0.2) is 16.6 Å². The third-order valence-electron chi connectivity index (χ3n) is 2.10. The summed E-state index contributed by atoms with van der Waals surface area (Å²) in [6.07, 6.45) is -0.668. The molecule has 2 rings (SSSR count). The molecule has 0 saturated carbocycles. The Balaban J connectivity index is 0.00000128. The Morgan fingerprint density at radius 3 is 2.69 bits per heavy atom. The van der Waals surface area contributed by atoms with Gasteiger partial charge in [-0.2, -0.15) is 0 Å². The summed E-state index contributed by atoms with van der Waals surface area (Å²) in [5, 5.41) is 2.32. The van der Waals surface area contributed by atoms with Crippen molar-refractivity contribution in [2.45, 2.75) is 6.04 Å². The first-order chi connectivity index (χ1) is 7.09. The van der Waals surface area contributed by atoms with Crippen LogP contribution in [-0.4, -0.2) is 12.7 Å². The molecule has 0 bridgehead atoms. The van der Waals surface area contributed by atoms with Gasteiger partial charge in [0.1, 0.15) is 18.2 Å². The Hall–Kier alpha value is -0.880. The number of halogens is 4. The van der Waals surface area contributed by atoms with Gasteiger partial charge in [-0.1, -0.05) is 0 Å². The maximum atomic E-state index is 13.5. The third-order valence-corrected chi connectivity index (χ3v) is 2.71. The topological polar surface area (TPSA) is 38.3 Å². The zero-order valence-electron chi connectivity index (χ0n) is 7.80. The number of cyclic esters (lactones) is 1. The van der Waals surface area contributed by atoms with E-state index in [4.69, 9.17) is 0 Å². The highest BCUT2D eigenvalue weighted by molar-refractivity contribution is 9.10. The van der Waals surface area contributed by atoms with E-state index in [1.165, 1.54) is 6.07 Å². The minimum atomic E-state index is -0.769. The van der Waals surface area contributed by atoms with Crippen LogP contribution in [0.4, 0.5) is 13.6 Å². The number of benzene rings is 1. The molecule has 1 aromatic carbocycles. The van der Waals surface area contributed by atoms with Crippen molar-refractivity contribution in [3.63, 3.8) is 0 Å². The zero-order chi connectivity index (χ0) is 11.0. The van der Waals surface area contributed by atoms with Gasteiger partial charge in [-0.25, -0.2) is 13.6 Å². The molecule has 1 atom stereocenters. The van der Waals surface area contributed by atoms with Gasteiger partial charge in [0, 0.05) is 0 Å². The quantitative estimate of drug-likeness (QED) is 0.809. The van der Waals surface area contributed by atoms with Crippen LogP contribution in [0.1, 0.15) is 11.6 Å². The smallest absolute Gasteiger partial charge is 0.407 e. The van der Waals surface area contributed by atoms with Crippen LogP contribution in [0.2, 0.25) is 0 Å². The Kier molecular flexibility index (Phi) is 4.09. The van der Waals surface area contributed by atoms with Gasteiger partial charge in [0.25, 0.3) is 0 Å².